The van der Waals surface area contributed by atoms with Crippen molar-refractivity contribution in [2.45, 2.75) is 37.6 Å². The molecule has 3 rings (SSSR count). The summed E-state index contributed by atoms with van der Waals surface area (Å²) >= 11 is 0. The molecule has 114 valence electrons. The topological polar surface area (TPSA) is 41.1 Å². The van der Waals surface area contributed by atoms with Gasteiger partial charge in [0.25, 0.3) is 5.91 Å². The summed E-state index contributed by atoms with van der Waals surface area (Å²) in [6.45, 7) is 0. The van der Waals surface area contributed by atoms with Crippen LogP contribution in [0.15, 0.2) is 60.7 Å². The first kappa shape index (κ1) is 14.8. The molecule has 0 aliphatic heterocycles. The highest BCUT2D eigenvalue weighted by molar-refractivity contribution is 5.93. The number of benzene rings is 2. The number of rotatable bonds is 4. The predicted molar refractivity (Wildman–Crippen MR) is 88.5 cm³/mol. The minimum atomic E-state index is -0.0672. The lowest BCUT2D eigenvalue weighted by atomic mass is 9.81. The molecule has 1 aliphatic rings. The van der Waals surface area contributed by atoms with Crippen LogP contribution in [0.5, 0.6) is 0 Å². The second-order valence-corrected chi connectivity index (χ2v) is 5.94. The van der Waals surface area contributed by atoms with Crippen molar-refractivity contribution in [1.29, 1.82) is 0 Å². The molecule has 0 saturated heterocycles. The van der Waals surface area contributed by atoms with Crippen molar-refractivity contribution < 1.29 is 4.79 Å². The van der Waals surface area contributed by atoms with Crippen molar-refractivity contribution in [2.24, 2.45) is 0 Å². The molecule has 0 heterocycles. The average molecular weight is 294 g/mol. The summed E-state index contributed by atoms with van der Waals surface area (Å²) in [5.41, 5.74) is 8.16. The molecule has 2 N–H and O–H groups in total. The maximum atomic E-state index is 12.1. The Bertz CT molecular complexity index is 597. The van der Waals surface area contributed by atoms with Gasteiger partial charge in [-0.2, -0.15) is 0 Å². The highest BCUT2D eigenvalue weighted by Crippen LogP contribution is 2.32. The van der Waals surface area contributed by atoms with Gasteiger partial charge in [0, 0.05) is 11.6 Å². The molecule has 0 aromatic heterocycles. The van der Waals surface area contributed by atoms with Gasteiger partial charge >= 0.3 is 0 Å². The molecule has 3 nitrogen and oxygen atoms in total. The first-order valence-electron chi connectivity index (χ1n) is 7.99. The molecule has 2 aromatic carbocycles. The molecule has 2 atom stereocenters. The SMILES string of the molecule is O=C(NN[C@H]1CCC[C@@H](c2ccccc2)C1)c1ccccc1. The van der Waals surface area contributed by atoms with E-state index < -0.39 is 0 Å². The fourth-order valence-electron chi connectivity index (χ4n) is 3.18. The third-order valence-corrected chi connectivity index (χ3v) is 4.37. The monoisotopic (exact) mass is 294 g/mol. The highest BCUT2D eigenvalue weighted by Gasteiger charge is 2.23. The number of hydrogen-bond donors (Lipinski definition) is 2. The standard InChI is InChI=1S/C19H22N2O/c22-19(16-10-5-2-6-11-16)21-20-18-13-7-12-17(14-18)15-8-3-1-4-9-15/h1-6,8-11,17-18,20H,7,12-14H2,(H,21,22)/t17-,18+/m1/s1. The van der Waals surface area contributed by atoms with Crippen LogP contribution in [-0.2, 0) is 0 Å². The second kappa shape index (κ2) is 7.23. The van der Waals surface area contributed by atoms with E-state index in [-0.39, 0.29) is 5.91 Å². The molecule has 3 heteroatoms. The van der Waals surface area contributed by atoms with E-state index in [1.807, 2.05) is 30.3 Å². The van der Waals surface area contributed by atoms with Crippen LogP contribution in [-0.4, -0.2) is 11.9 Å². The summed E-state index contributed by atoms with van der Waals surface area (Å²) in [7, 11) is 0. The van der Waals surface area contributed by atoms with Crippen molar-refractivity contribution in [3.63, 3.8) is 0 Å². The summed E-state index contributed by atoms with van der Waals surface area (Å²) in [5, 5.41) is 0. The minimum Gasteiger partial charge on any atom is -0.287 e. The van der Waals surface area contributed by atoms with Crippen LogP contribution in [0.2, 0.25) is 0 Å². The average Bonchev–Trinajstić information content (AvgIpc) is 2.61. The summed E-state index contributed by atoms with van der Waals surface area (Å²) in [4.78, 5) is 12.1. The van der Waals surface area contributed by atoms with Crippen LogP contribution in [0.1, 0.15) is 47.5 Å². The molecular formula is C19H22N2O. The number of carbonyl (C=O) groups is 1. The van der Waals surface area contributed by atoms with Crippen LogP contribution in [0, 0.1) is 0 Å². The van der Waals surface area contributed by atoms with Crippen molar-refractivity contribution in [3.05, 3.63) is 71.8 Å². The zero-order valence-electron chi connectivity index (χ0n) is 12.7. The molecule has 1 saturated carbocycles. The Hall–Kier alpha value is -2.13. The summed E-state index contributed by atoms with van der Waals surface area (Å²) in [6, 6.07) is 20.3. The predicted octanol–water partition coefficient (Wildman–Crippen LogP) is 3.65. The van der Waals surface area contributed by atoms with Crippen molar-refractivity contribution in [1.82, 2.24) is 10.9 Å². The Balaban J connectivity index is 1.54. The van der Waals surface area contributed by atoms with Gasteiger partial charge in [-0.3, -0.25) is 10.2 Å². The molecule has 1 amide bonds. The first-order valence-corrected chi connectivity index (χ1v) is 7.99. The maximum absolute atomic E-state index is 12.1. The lowest BCUT2D eigenvalue weighted by Gasteiger charge is -2.30. The fourth-order valence-corrected chi connectivity index (χ4v) is 3.18. The van der Waals surface area contributed by atoms with Crippen LogP contribution in [0.4, 0.5) is 0 Å². The number of hydrogen-bond acceptors (Lipinski definition) is 2. The van der Waals surface area contributed by atoms with E-state index in [0.717, 1.165) is 12.8 Å². The van der Waals surface area contributed by atoms with Crippen LogP contribution >= 0.6 is 0 Å². The van der Waals surface area contributed by atoms with Crippen molar-refractivity contribution >= 4 is 5.91 Å². The van der Waals surface area contributed by atoms with Gasteiger partial charge in [-0.25, -0.2) is 5.43 Å². The summed E-state index contributed by atoms with van der Waals surface area (Å²) in [6.07, 6.45) is 4.60. The quantitative estimate of drug-likeness (QED) is 0.845. The molecule has 0 unspecified atom stereocenters. The van der Waals surface area contributed by atoms with Gasteiger partial charge in [0.2, 0.25) is 0 Å². The zero-order chi connectivity index (χ0) is 15.2. The summed E-state index contributed by atoms with van der Waals surface area (Å²) in [5.74, 6) is 0.517. The molecule has 1 fully saturated rings. The lowest BCUT2D eigenvalue weighted by molar-refractivity contribution is 0.0918. The lowest BCUT2D eigenvalue weighted by Crippen LogP contribution is -2.46. The Labute approximate surface area is 131 Å². The van der Waals surface area contributed by atoms with E-state index in [1.165, 1.54) is 18.4 Å². The molecule has 0 bridgehead atoms. The Kier molecular flexibility index (Phi) is 4.86. The van der Waals surface area contributed by atoms with Gasteiger partial charge < -0.3 is 0 Å². The number of amides is 1. The third kappa shape index (κ3) is 3.74. The normalized spacial score (nSPS) is 21.3. The molecule has 1 aliphatic carbocycles. The molecule has 2 aromatic rings. The Morgan fingerprint density at radius 1 is 0.909 bits per heavy atom. The van der Waals surface area contributed by atoms with E-state index in [2.05, 4.69) is 41.2 Å². The van der Waals surface area contributed by atoms with Crippen molar-refractivity contribution in [2.75, 3.05) is 0 Å². The van der Waals surface area contributed by atoms with Gasteiger partial charge in [0.1, 0.15) is 0 Å². The Morgan fingerprint density at radius 2 is 1.59 bits per heavy atom. The smallest absolute Gasteiger partial charge is 0.265 e. The number of carbonyl (C=O) groups excluding carboxylic acids is 1. The number of hydrazine groups is 1. The van der Waals surface area contributed by atoms with E-state index in [4.69, 9.17) is 0 Å². The first-order chi connectivity index (χ1) is 10.8. The van der Waals surface area contributed by atoms with Gasteiger partial charge in [-0.05, 0) is 42.9 Å². The van der Waals surface area contributed by atoms with Gasteiger partial charge in [0.15, 0.2) is 0 Å². The fraction of sp³-hybridized carbons (Fsp3) is 0.316. The van der Waals surface area contributed by atoms with Gasteiger partial charge in [-0.15, -0.1) is 0 Å². The van der Waals surface area contributed by atoms with Gasteiger partial charge in [0.05, 0.1) is 0 Å². The molecule has 0 radical (unpaired) electrons. The molecule has 0 spiro atoms. The minimum absolute atomic E-state index is 0.0672. The van der Waals surface area contributed by atoms with E-state index in [0.29, 0.717) is 17.5 Å². The largest absolute Gasteiger partial charge is 0.287 e. The highest BCUT2D eigenvalue weighted by atomic mass is 16.2. The van der Waals surface area contributed by atoms with E-state index in [9.17, 15) is 4.79 Å². The number of nitrogens with one attached hydrogen (secondary N) is 2. The van der Waals surface area contributed by atoms with E-state index >= 15 is 0 Å². The summed E-state index contributed by atoms with van der Waals surface area (Å²) < 4.78 is 0. The van der Waals surface area contributed by atoms with E-state index in [1.54, 1.807) is 0 Å². The molecule has 22 heavy (non-hydrogen) atoms. The maximum Gasteiger partial charge on any atom is 0.265 e. The van der Waals surface area contributed by atoms with Crippen LogP contribution < -0.4 is 10.9 Å². The zero-order valence-corrected chi connectivity index (χ0v) is 12.7. The second-order valence-electron chi connectivity index (χ2n) is 5.94. The van der Waals surface area contributed by atoms with Crippen molar-refractivity contribution in [3.8, 4) is 0 Å². The molecular weight excluding hydrogens is 272 g/mol. The van der Waals surface area contributed by atoms with Crippen LogP contribution in [0.3, 0.4) is 0 Å². The Morgan fingerprint density at radius 3 is 2.32 bits per heavy atom. The van der Waals surface area contributed by atoms with Gasteiger partial charge in [-0.1, -0.05) is 55.0 Å². The van der Waals surface area contributed by atoms with Crippen LogP contribution in [0.25, 0.3) is 0 Å². The third-order valence-electron chi connectivity index (χ3n) is 4.37.